The van der Waals surface area contributed by atoms with Gasteiger partial charge in [0.15, 0.2) is 5.78 Å². The Kier molecular flexibility index (Phi) is 4.82. The number of allylic oxidation sites excluding steroid dienone is 10. The molecule has 16 heavy (non-hydrogen) atoms. The van der Waals surface area contributed by atoms with Crippen LogP contribution in [0.3, 0.4) is 0 Å². The largest absolute Gasteiger partial charge is 0.290 e. The minimum atomic E-state index is -0.0238. The van der Waals surface area contributed by atoms with E-state index >= 15 is 0 Å². The molecule has 1 aliphatic carbocycles. The second-order valence-electron chi connectivity index (χ2n) is 3.48. The van der Waals surface area contributed by atoms with E-state index in [1.807, 2.05) is 32.1 Å². The van der Waals surface area contributed by atoms with E-state index in [1.54, 1.807) is 18.2 Å². The smallest absolute Gasteiger partial charge is 0.178 e. The van der Waals surface area contributed by atoms with Crippen molar-refractivity contribution in [3.8, 4) is 11.8 Å². The van der Waals surface area contributed by atoms with E-state index in [2.05, 4.69) is 11.8 Å². The molecule has 0 atom stereocenters. The number of carbonyl (C=O) groups excluding carboxylic acids is 1. The molecular formula is C15H14O. The fraction of sp³-hybridized carbons (Fsp3) is 0.133. The van der Waals surface area contributed by atoms with Gasteiger partial charge >= 0.3 is 0 Å². The predicted octanol–water partition coefficient (Wildman–Crippen LogP) is 3.13. The summed E-state index contributed by atoms with van der Waals surface area (Å²) in [6.45, 7) is 3.87. The maximum atomic E-state index is 11.3. The van der Waals surface area contributed by atoms with Crippen LogP contribution in [0.1, 0.15) is 13.8 Å². The normalized spacial score (nSPS) is 28.8. The molecule has 1 aliphatic rings. The van der Waals surface area contributed by atoms with Crippen molar-refractivity contribution in [1.82, 2.24) is 0 Å². The number of hydrogen-bond acceptors (Lipinski definition) is 1. The number of rotatable bonds is 0. The Morgan fingerprint density at radius 3 is 2.44 bits per heavy atom. The first-order valence-corrected chi connectivity index (χ1v) is 5.10. The molecule has 0 fully saturated rings. The van der Waals surface area contributed by atoms with E-state index < -0.39 is 0 Å². The molecule has 1 rings (SSSR count). The third-order valence-corrected chi connectivity index (χ3v) is 1.93. The van der Waals surface area contributed by atoms with Crippen LogP contribution in [0.2, 0.25) is 0 Å². The van der Waals surface area contributed by atoms with Crippen LogP contribution in [-0.2, 0) is 4.79 Å². The molecule has 0 saturated carbocycles. The van der Waals surface area contributed by atoms with Crippen LogP contribution in [0.15, 0.2) is 59.8 Å². The molecule has 0 aromatic heterocycles. The van der Waals surface area contributed by atoms with Gasteiger partial charge in [-0.2, -0.15) is 0 Å². The van der Waals surface area contributed by atoms with Gasteiger partial charge in [-0.3, -0.25) is 4.79 Å². The SMILES string of the molecule is C/C1=C/C=C/C(=O)\C=C/C=C(C)/C=C\C#C1. The minimum absolute atomic E-state index is 0.0238. The summed E-state index contributed by atoms with van der Waals surface area (Å²) in [7, 11) is 0. The van der Waals surface area contributed by atoms with Crippen LogP contribution in [0.4, 0.5) is 0 Å². The van der Waals surface area contributed by atoms with Crippen molar-refractivity contribution < 1.29 is 4.79 Å². The van der Waals surface area contributed by atoms with Gasteiger partial charge in [0, 0.05) is 0 Å². The first-order valence-electron chi connectivity index (χ1n) is 5.10. The fourth-order valence-electron chi connectivity index (χ4n) is 1.06. The van der Waals surface area contributed by atoms with E-state index in [-0.39, 0.29) is 5.78 Å². The maximum absolute atomic E-state index is 11.3. The zero-order chi connectivity index (χ0) is 11.8. The van der Waals surface area contributed by atoms with Crippen LogP contribution in [0.25, 0.3) is 0 Å². The lowest BCUT2D eigenvalue weighted by Gasteiger charge is -1.85. The Bertz CT molecular complexity index is 471. The molecule has 0 aliphatic heterocycles. The number of hydrogen-bond donors (Lipinski definition) is 0. The first kappa shape index (κ1) is 12.0. The minimum Gasteiger partial charge on any atom is -0.290 e. The molecule has 0 aromatic carbocycles. The van der Waals surface area contributed by atoms with Crippen molar-refractivity contribution in [2.45, 2.75) is 13.8 Å². The molecule has 0 saturated heterocycles. The molecule has 1 heteroatoms. The van der Waals surface area contributed by atoms with Crippen molar-refractivity contribution >= 4 is 5.78 Å². The maximum Gasteiger partial charge on any atom is 0.178 e. The summed E-state index contributed by atoms with van der Waals surface area (Å²) in [5.41, 5.74) is 1.99. The van der Waals surface area contributed by atoms with Crippen molar-refractivity contribution in [1.29, 1.82) is 0 Å². The van der Waals surface area contributed by atoms with E-state index in [4.69, 9.17) is 0 Å². The highest BCUT2D eigenvalue weighted by atomic mass is 16.1. The standard InChI is InChI=1S/C15H14O/c1-13-7-3-4-8-14(2)10-6-12-15(16)11-5-9-13/h3,5-7,9-12H,1-2H3/b7-3-,11-5-,12-6+,13-9+,14-10-. The van der Waals surface area contributed by atoms with Crippen molar-refractivity contribution in [2.24, 2.45) is 0 Å². The molecule has 0 aromatic rings. The average Bonchev–Trinajstić information content (AvgIpc) is 2.24. The van der Waals surface area contributed by atoms with Gasteiger partial charge in [0.1, 0.15) is 0 Å². The lowest BCUT2D eigenvalue weighted by Crippen LogP contribution is -1.83. The summed E-state index contributed by atoms with van der Waals surface area (Å²) in [4.78, 5) is 11.3. The molecular weight excluding hydrogens is 196 g/mol. The summed E-state index contributed by atoms with van der Waals surface area (Å²) >= 11 is 0. The molecule has 0 N–H and O–H groups in total. The Balaban J connectivity index is 3.02. The second kappa shape index (κ2) is 6.42. The summed E-state index contributed by atoms with van der Waals surface area (Å²) < 4.78 is 0. The van der Waals surface area contributed by atoms with E-state index in [0.717, 1.165) is 11.1 Å². The van der Waals surface area contributed by atoms with Gasteiger partial charge in [0.2, 0.25) is 0 Å². The van der Waals surface area contributed by atoms with Crippen LogP contribution < -0.4 is 0 Å². The molecule has 0 heterocycles. The predicted molar refractivity (Wildman–Crippen MR) is 67.7 cm³/mol. The number of carbonyl (C=O) groups is 1. The van der Waals surface area contributed by atoms with Gasteiger partial charge in [0.05, 0.1) is 0 Å². The zero-order valence-electron chi connectivity index (χ0n) is 9.53. The molecule has 0 bridgehead atoms. The molecule has 0 radical (unpaired) electrons. The van der Waals surface area contributed by atoms with Crippen molar-refractivity contribution in [3.05, 3.63) is 59.8 Å². The van der Waals surface area contributed by atoms with Gasteiger partial charge in [-0.25, -0.2) is 0 Å². The molecule has 0 spiro atoms. The average molecular weight is 210 g/mol. The molecule has 0 unspecified atom stereocenters. The Morgan fingerprint density at radius 1 is 1.00 bits per heavy atom. The highest BCUT2D eigenvalue weighted by molar-refractivity contribution is 5.99. The van der Waals surface area contributed by atoms with E-state index in [0.29, 0.717) is 0 Å². The van der Waals surface area contributed by atoms with Gasteiger partial charge in [-0.1, -0.05) is 47.8 Å². The zero-order valence-corrected chi connectivity index (χ0v) is 9.53. The van der Waals surface area contributed by atoms with E-state index in [9.17, 15) is 4.79 Å². The summed E-state index contributed by atoms with van der Waals surface area (Å²) in [6, 6.07) is 0. The lowest BCUT2D eigenvalue weighted by molar-refractivity contribution is -0.110. The van der Waals surface area contributed by atoms with Gasteiger partial charge in [0.25, 0.3) is 0 Å². The quantitative estimate of drug-likeness (QED) is 0.561. The second-order valence-corrected chi connectivity index (χ2v) is 3.48. The van der Waals surface area contributed by atoms with Crippen molar-refractivity contribution in [3.63, 3.8) is 0 Å². The topological polar surface area (TPSA) is 17.1 Å². The lowest BCUT2D eigenvalue weighted by atomic mass is 10.2. The summed E-state index contributed by atoms with van der Waals surface area (Å²) in [5, 5.41) is 0. The Hall–Kier alpha value is -2.07. The fourth-order valence-corrected chi connectivity index (χ4v) is 1.06. The van der Waals surface area contributed by atoms with Crippen LogP contribution >= 0.6 is 0 Å². The molecule has 80 valence electrons. The molecule has 1 nitrogen and oxygen atoms in total. The monoisotopic (exact) mass is 210 g/mol. The molecule has 0 amide bonds. The summed E-state index contributed by atoms with van der Waals surface area (Å²) in [6.07, 6.45) is 13.9. The Morgan fingerprint density at radius 2 is 1.69 bits per heavy atom. The van der Waals surface area contributed by atoms with Gasteiger partial charge in [-0.15, -0.1) is 0 Å². The third kappa shape index (κ3) is 4.97. The van der Waals surface area contributed by atoms with Crippen LogP contribution in [0.5, 0.6) is 0 Å². The van der Waals surface area contributed by atoms with Crippen LogP contribution in [-0.4, -0.2) is 5.78 Å². The summed E-state index contributed by atoms with van der Waals surface area (Å²) in [5.74, 6) is 5.88. The van der Waals surface area contributed by atoms with Crippen LogP contribution in [0, 0.1) is 11.8 Å². The Labute approximate surface area is 96.6 Å². The highest BCUT2D eigenvalue weighted by Crippen LogP contribution is 1.97. The van der Waals surface area contributed by atoms with Crippen molar-refractivity contribution in [2.75, 3.05) is 0 Å². The van der Waals surface area contributed by atoms with Gasteiger partial charge < -0.3 is 0 Å². The first-order chi connectivity index (χ1) is 7.68. The highest BCUT2D eigenvalue weighted by Gasteiger charge is 1.86. The van der Waals surface area contributed by atoms with E-state index in [1.165, 1.54) is 12.2 Å². The van der Waals surface area contributed by atoms with Gasteiger partial charge in [-0.05, 0) is 37.6 Å². The third-order valence-electron chi connectivity index (χ3n) is 1.93. The number of ketones is 1.